The van der Waals surface area contributed by atoms with E-state index < -0.39 is 187 Å². The van der Waals surface area contributed by atoms with Gasteiger partial charge >= 0.3 is 5.97 Å². The number of hydrogen-bond donors (Lipinski definition) is 16. The van der Waals surface area contributed by atoms with E-state index >= 15 is 0 Å². The van der Waals surface area contributed by atoms with Gasteiger partial charge in [-0.1, -0.05) is 25.7 Å². The molecule has 16 N–H and O–H groups in total. The molecule has 0 radical (unpaired) electrons. The molecule has 0 aromatic rings. The van der Waals surface area contributed by atoms with Gasteiger partial charge in [0.25, 0.3) is 0 Å². The predicted octanol–water partition coefficient (Wildman–Crippen LogP) is -9.00. The summed E-state index contributed by atoms with van der Waals surface area (Å²) in [5, 5.41) is 169. The summed E-state index contributed by atoms with van der Waals surface area (Å²) in [7, 11) is 1.31. The molecule has 5 aliphatic heterocycles. The second-order valence-corrected chi connectivity index (χ2v) is 17.3. The normalized spacial score (nSPS) is 45.8. The Bertz CT molecular complexity index is 1470. The molecule has 0 aromatic heterocycles. The zero-order chi connectivity index (χ0) is 50.0. The highest BCUT2D eigenvalue weighted by atomic mass is 16.8. The lowest BCUT2D eigenvalue weighted by Crippen LogP contribution is -2.67. The van der Waals surface area contributed by atoms with Gasteiger partial charge in [-0.3, -0.25) is 4.79 Å². The number of hydrogen-bond acceptors (Lipinski definition) is 28. The summed E-state index contributed by atoms with van der Waals surface area (Å²) in [6.45, 7) is -4.28. The second kappa shape index (κ2) is 26.9. The maximum atomic E-state index is 11.8. The Hall–Kier alpha value is -1.57. The molecule has 25 atom stereocenters. The number of rotatable bonds is 23. The Morgan fingerprint density at radius 3 is 1.28 bits per heavy atom. The summed E-state index contributed by atoms with van der Waals surface area (Å²) < 4.78 is 61.7. The highest BCUT2D eigenvalue weighted by Gasteiger charge is 2.56. The minimum atomic E-state index is -2.03. The van der Waals surface area contributed by atoms with Crippen molar-refractivity contribution in [1.82, 2.24) is 0 Å². The Kier molecular flexibility index (Phi) is 22.7. The molecule has 28 nitrogen and oxygen atoms in total. The number of aliphatic hydroxyl groups excluding tert-OH is 16. The van der Waals surface area contributed by atoms with E-state index in [2.05, 4.69) is 4.74 Å². The first-order valence-corrected chi connectivity index (χ1v) is 22.6. The van der Waals surface area contributed by atoms with Crippen molar-refractivity contribution in [1.29, 1.82) is 0 Å². The fraction of sp³-hybridized carbons (Fsp3) is 0.975. The SMILES string of the molecule is COC(=O)CCCCCCCCO[C@@H]1O[C@H](CO[C@H]2O[C@H](CO)[C@@H](O)[C@H](O[C@H]3O[C@H](CO)[C@@H](O)[C@H](O)[C@@H]3O)[C@@H]2O)[C@@H](O)[C@H](O[C@H]2O[C@H](CO)[C@@H](O)[C@H](O)[C@@H]2O[C@H]2O[C@H](CO)[C@@H](O)[C@H](O)[C@@H]2O)[C@@H]1O. The van der Waals surface area contributed by atoms with Crippen molar-refractivity contribution in [3.8, 4) is 0 Å². The number of esters is 1. The molecular formula is C40H70O28. The van der Waals surface area contributed by atoms with Crippen LogP contribution < -0.4 is 0 Å². The first-order chi connectivity index (χ1) is 32.4. The summed E-state index contributed by atoms with van der Waals surface area (Å²) in [4.78, 5) is 11.4. The molecular weight excluding hydrogens is 928 g/mol. The Labute approximate surface area is 389 Å². The summed E-state index contributed by atoms with van der Waals surface area (Å²) in [5.74, 6) is -0.310. The largest absolute Gasteiger partial charge is 0.469 e. The van der Waals surface area contributed by atoms with E-state index in [0.717, 1.165) is 19.3 Å². The molecule has 28 heteroatoms. The Balaban J connectivity index is 1.33. The van der Waals surface area contributed by atoms with E-state index in [-0.39, 0.29) is 19.0 Å². The van der Waals surface area contributed by atoms with Crippen LogP contribution in [0.4, 0.5) is 0 Å². The van der Waals surface area contributed by atoms with Gasteiger partial charge in [-0.05, 0) is 12.8 Å². The number of unbranched alkanes of at least 4 members (excludes halogenated alkanes) is 5. The maximum absolute atomic E-state index is 11.8. The minimum absolute atomic E-state index is 0.0297. The summed E-state index contributed by atoms with van der Waals surface area (Å²) in [6.07, 6.45) is -41.1. The molecule has 0 amide bonds. The number of carbonyl (C=O) groups is 1. The summed E-state index contributed by atoms with van der Waals surface area (Å²) in [6, 6.07) is 0. The van der Waals surface area contributed by atoms with Crippen LogP contribution in [0.3, 0.4) is 0 Å². The van der Waals surface area contributed by atoms with Crippen molar-refractivity contribution >= 4 is 5.97 Å². The summed E-state index contributed by atoms with van der Waals surface area (Å²) >= 11 is 0. The number of carbonyl (C=O) groups excluding carboxylic acids is 1. The quantitative estimate of drug-likeness (QED) is 0.0334. The van der Waals surface area contributed by atoms with Gasteiger partial charge in [0.05, 0.1) is 40.1 Å². The monoisotopic (exact) mass is 998 g/mol. The van der Waals surface area contributed by atoms with Crippen LogP contribution in [-0.2, 0) is 56.9 Å². The molecule has 5 fully saturated rings. The topological polar surface area (TPSA) is 442 Å². The van der Waals surface area contributed by atoms with Gasteiger partial charge in [-0.15, -0.1) is 0 Å². The molecule has 0 aromatic carbocycles. The van der Waals surface area contributed by atoms with Gasteiger partial charge in [0, 0.05) is 13.0 Å². The lowest BCUT2D eigenvalue weighted by atomic mass is 9.96. The molecule has 0 saturated carbocycles. The highest BCUT2D eigenvalue weighted by Crippen LogP contribution is 2.35. The molecule has 0 unspecified atom stereocenters. The fourth-order valence-corrected chi connectivity index (χ4v) is 8.39. The van der Waals surface area contributed by atoms with Crippen LogP contribution >= 0.6 is 0 Å². The van der Waals surface area contributed by atoms with E-state index in [1.165, 1.54) is 7.11 Å². The smallest absolute Gasteiger partial charge is 0.305 e. The maximum Gasteiger partial charge on any atom is 0.305 e. The van der Waals surface area contributed by atoms with Gasteiger partial charge in [-0.25, -0.2) is 0 Å². The van der Waals surface area contributed by atoms with Gasteiger partial charge in [0.1, 0.15) is 122 Å². The van der Waals surface area contributed by atoms with E-state index in [9.17, 15) is 86.5 Å². The van der Waals surface area contributed by atoms with Crippen LogP contribution in [0.5, 0.6) is 0 Å². The van der Waals surface area contributed by atoms with Crippen LogP contribution in [-0.4, -0.2) is 288 Å². The molecule has 5 rings (SSSR count). The van der Waals surface area contributed by atoms with Crippen LogP contribution in [0.25, 0.3) is 0 Å². The van der Waals surface area contributed by atoms with Crippen molar-refractivity contribution in [3.05, 3.63) is 0 Å². The van der Waals surface area contributed by atoms with E-state index in [1.54, 1.807) is 0 Å². The Morgan fingerprint density at radius 1 is 0.382 bits per heavy atom. The van der Waals surface area contributed by atoms with E-state index in [1.807, 2.05) is 0 Å². The molecule has 5 heterocycles. The average molecular weight is 999 g/mol. The van der Waals surface area contributed by atoms with Crippen molar-refractivity contribution < 1.29 is 139 Å². The number of ether oxygens (including phenoxy) is 11. The van der Waals surface area contributed by atoms with Crippen LogP contribution in [0.1, 0.15) is 44.9 Å². The minimum Gasteiger partial charge on any atom is -0.469 e. The lowest BCUT2D eigenvalue weighted by Gasteiger charge is -2.49. The zero-order valence-electron chi connectivity index (χ0n) is 37.2. The van der Waals surface area contributed by atoms with Crippen LogP contribution in [0.2, 0.25) is 0 Å². The predicted molar refractivity (Wildman–Crippen MR) is 215 cm³/mol. The lowest BCUT2D eigenvalue weighted by molar-refractivity contribution is -0.391. The van der Waals surface area contributed by atoms with Crippen molar-refractivity contribution in [2.45, 2.75) is 198 Å². The highest BCUT2D eigenvalue weighted by molar-refractivity contribution is 5.68. The van der Waals surface area contributed by atoms with E-state index in [4.69, 9.17) is 47.4 Å². The van der Waals surface area contributed by atoms with Gasteiger partial charge < -0.3 is 134 Å². The molecule has 398 valence electrons. The standard InChI is InChI=1S/C40H70O28/c1-58-20(45)8-6-4-2-3-5-7-9-59-36-31(56)34(67-40-35(28(53)23(48)17(12-43)64-40)68-39-30(55)27(52)22(47)16(11-42)63-39)25(50)19(65-36)14-60-37-32(57)33(24(49)18(13-44)61-37)66-38-29(54)26(51)21(46)15(10-41)62-38/h15-19,21-44,46-57H,2-14H2,1H3/t15-,16-,17-,18-,19-,21-,22-,23-,24-,25-,26+,27+,28+,29+,30+,31+,32+,33+,34+,35+,36-,37+,38-,39-,40-/m1/s1. The van der Waals surface area contributed by atoms with Gasteiger partial charge in [0.15, 0.2) is 31.5 Å². The molecule has 0 aliphatic carbocycles. The second-order valence-electron chi connectivity index (χ2n) is 17.3. The third-order valence-electron chi connectivity index (χ3n) is 12.6. The summed E-state index contributed by atoms with van der Waals surface area (Å²) in [5.41, 5.74) is 0. The van der Waals surface area contributed by atoms with Crippen molar-refractivity contribution in [2.24, 2.45) is 0 Å². The van der Waals surface area contributed by atoms with Gasteiger partial charge in [-0.2, -0.15) is 0 Å². The first kappa shape index (κ1) is 57.3. The average Bonchev–Trinajstić information content (AvgIpc) is 3.33. The van der Waals surface area contributed by atoms with E-state index in [0.29, 0.717) is 19.3 Å². The third kappa shape index (κ3) is 13.7. The fourth-order valence-electron chi connectivity index (χ4n) is 8.39. The van der Waals surface area contributed by atoms with Crippen molar-refractivity contribution in [2.75, 3.05) is 46.8 Å². The zero-order valence-corrected chi connectivity index (χ0v) is 37.2. The molecule has 68 heavy (non-hydrogen) atoms. The van der Waals surface area contributed by atoms with Gasteiger partial charge in [0.2, 0.25) is 0 Å². The molecule has 0 bridgehead atoms. The first-order valence-electron chi connectivity index (χ1n) is 22.6. The molecule has 5 saturated heterocycles. The van der Waals surface area contributed by atoms with Crippen LogP contribution in [0.15, 0.2) is 0 Å². The molecule has 5 aliphatic rings. The number of methoxy groups -OCH3 is 1. The third-order valence-corrected chi connectivity index (χ3v) is 12.6. The Morgan fingerprint density at radius 2 is 0.765 bits per heavy atom. The van der Waals surface area contributed by atoms with Crippen molar-refractivity contribution in [3.63, 3.8) is 0 Å². The number of aliphatic hydroxyl groups is 16. The molecule has 0 spiro atoms. The van der Waals surface area contributed by atoms with Crippen LogP contribution in [0, 0.1) is 0 Å².